The standard InChI is InChI=1S/C9H16.C4H8/c1-4-5-6-7-8-9(2)3;1-4(2)3/h7-8H,2,4-6H2,1,3H3;1H2,2-3H3. The molecule has 13 heavy (non-hydrogen) atoms. The van der Waals surface area contributed by atoms with Crippen LogP contribution < -0.4 is 0 Å². The molecule has 0 saturated heterocycles. The first-order valence-electron chi connectivity index (χ1n) is 4.94. The van der Waals surface area contributed by atoms with Crippen molar-refractivity contribution in [2.75, 3.05) is 0 Å². The largest absolute Gasteiger partial charge is 0.100 e. The first kappa shape index (κ1) is 14.7. The molecule has 0 aromatic heterocycles. The van der Waals surface area contributed by atoms with Gasteiger partial charge in [-0.2, -0.15) is 0 Å². The Balaban J connectivity index is 0. The highest BCUT2D eigenvalue weighted by atomic mass is 13.8. The van der Waals surface area contributed by atoms with Crippen molar-refractivity contribution in [1.82, 2.24) is 0 Å². The molecular weight excluding hydrogens is 156 g/mol. The lowest BCUT2D eigenvalue weighted by Crippen LogP contribution is -1.67. The van der Waals surface area contributed by atoms with Crippen LogP contribution in [0.25, 0.3) is 0 Å². The first-order valence-corrected chi connectivity index (χ1v) is 4.94. The monoisotopic (exact) mass is 180 g/mol. The van der Waals surface area contributed by atoms with Crippen LogP contribution >= 0.6 is 0 Å². The van der Waals surface area contributed by atoms with E-state index < -0.39 is 0 Å². The van der Waals surface area contributed by atoms with Gasteiger partial charge in [-0.05, 0) is 27.2 Å². The summed E-state index contributed by atoms with van der Waals surface area (Å²) in [7, 11) is 0. The summed E-state index contributed by atoms with van der Waals surface area (Å²) in [6, 6.07) is 0. The van der Waals surface area contributed by atoms with Crippen molar-refractivity contribution < 1.29 is 0 Å². The molecule has 0 aromatic rings. The van der Waals surface area contributed by atoms with Gasteiger partial charge in [-0.1, -0.05) is 49.6 Å². The zero-order valence-corrected chi connectivity index (χ0v) is 9.69. The third-order valence-electron chi connectivity index (χ3n) is 1.13. The molecule has 0 rings (SSSR count). The molecule has 0 spiro atoms. The van der Waals surface area contributed by atoms with Gasteiger partial charge in [0.2, 0.25) is 0 Å². The number of rotatable bonds is 4. The lowest BCUT2D eigenvalue weighted by atomic mass is 10.2. The highest BCUT2D eigenvalue weighted by Crippen LogP contribution is 1.97. The van der Waals surface area contributed by atoms with Crippen LogP contribution in [0, 0.1) is 0 Å². The summed E-state index contributed by atoms with van der Waals surface area (Å²) < 4.78 is 0. The van der Waals surface area contributed by atoms with Gasteiger partial charge in [0.1, 0.15) is 0 Å². The Morgan fingerprint density at radius 3 is 1.92 bits per heavy atom. The van der Waals surface area contributed by atoms with Crippen molar-refractivity contribution >= 4 is 0 Å². The minimum Gasteiger partial charge on any atom is -0.100 e. The van der Waals surface area contributed by atoms with Gasteiger partial charge >= 0.3 is 0 Å². The second-order valence-electron chi connectivity index (χ2n) is 3.60. The van der Waals surface area contributed by atoms with Gasteiger partial charge in [-0.15, -0.1) is 6.58 Å². The predicted molar refractivity (Wildman–Crippen MR) is 64.0 cm³/mol. The van der Waals surface area contributed by atoms with E-state index in [1.54, 1.807) is 0 Å². The summed E-state index contributed by atoms with van der Waals surface area (Å²) in [4.78, 5) is 0. The van der Waals surface area contributed by atoms with E-state index >= 15 is 0 Å². The third kappa shape index (κ3) is 35.0. The van der Waals surface area contributed by atoms with Gasteiger partial charge in [0.15, 0.2) is 0 Å². The van der Waals surface area contributed by atoms with Crippen LogP contribution in [-0.2, 0) is 0 Å². The van der Waals surface area contributed by atoms with Crippen LogP contribution in [0.1, 0.15) is 47.0 Å². The summed E-state index contributed by atoms with van der Waals surface area (Å²) in [5.74, 6) is 0. The molecule has 0 radical (unpaired) electrons. The van der Waals surface area contributed by atoms with Crippen molar-refractivity contribution in [3.05, 3.63) is 36.5 Å². The Labute approximate surface area is 84.1 Å². The molecule has 0 fully saturated rings. The van der Waals surface area contributed by atoms with Crippen molar-refractivity contribution in [1.29, 1.82) is 0 Å². The van der Waals surface area contributed by atoms with Crippen LogP contribution in [0.5, 0.6) is 0 Å². The average molecular weight is 180 g/mol. The van der Waals surface area contributed by atoms with Gasteiger partial charge < -0.3 is 0 Å². The van der Waals surface area contributed by atoms with Gasteiger partial charge in [0.05, 0.1) is 0 Å². The summed E-state index contributed by atoms with van der Waals surface area (Å²) in [5, 5.41) is 0. The quantitative estimate of drug-likeness (QED) is 0.328. The highest BCUT2D eigenvalue weighted by Gasteiger charge is 1.76. The smallest absolute Gasteiger partial charge is 0.0348 e. The summed E-state index contributed by atoms with van der Waals surface area (Å²) in [6.07, 6.45) is 8.04. The molecule has 0 amide bonds. The molecule has 0 heteroatoms. The lowest BCUT2D eigenvalue weighted by Gasteiger charge is -1.87. The molecule has 0 N–H and O–H groups in total. The molecule has 76 valence electrons. The Morgan fingerprint density at radius 1 is 1.15 bits per heavy atom. The Bertz CT molecular complexity index is 157. The Kier molecular flexibility index (Phi) is 12.7. The van der Waals surface area contributed by atoms with Crippen LogP contribution in [0.4, 0.5) is 0 Å². The Hall–Kier alpha value is -0.780. The molecule has 0 nitrogen and oxygen atoms in total. The predicted octanol–water partition coefficient (Wildman–Crippen LogP) is 4.89. The van der Waals surface area contributed by atoms with Gasteiger partial charge in [0.25, 0.3) is 0 Å². The topological polar surface area (TPSA) is 0 Å². The molecule has 0 unspecified atom stereocenters. The second kappa shape index (κ2) is 11.2. The van der Waals surface area contributed by atoms with E-state index in [1.165, 1.54) is 24.8 Å². The second-order valence-corrected chi connectivity index (χ2v) is 3.60. The molecule has 0 aliphatic rings. The van der Waals surface area contributed by atoms with E-state index in [1.807, 2.05) is 20.8 Å². The van der Waals surface area contributed by atoms with Crippen LogP contribution in [-0.4, -0.2) is 0 Å². The molecule has 0 aliphatic carbocycles. The maximum Gasteiger partial charge on any atom is -0.0348 e. The summed E-state index contributed by atoms with van der Waals surface area (Å²) in [5.41, 5.74) is 2.31. The molecule has 0 atom stereocenters. The number of unbranched alkanes of at least 4 members (excludes halogenated alkanes) is 2. The van der Waals surface area contributed by atoms with E-state index in [-0.39, 0.29) is 0 Å². The SMILES string of the molecule is C=C(C)C.C=C(C)C=CCCCC. The minimum absolute atomic E-state index is 1.14. The van der Waals surface area contributed by atoms with Crippen LogP contribution in [0.2, 0.25) is 0 Å². The fraction of sp³-hybridized carbons (Fsp3) is 0.538. The zero-order chi connectivity index (χ0) is 10.7. The number of allylic oxidation sites excluding steroid dienone is 4. The molecule has 0 aliphatic heterocycles. The molecule has 0 saturated carbocycles. The molecule has 0 bridgehead atoms. The minimum atomic E-state index is 1.14. The number of hydrogen-bond donors (Lipinski definition) is 0. The van der Waals surface area contributed by atoms with Gasteiger partial charge in [-0.3, -0.25) is 0 Å². The van der Waals surface area contributed by atoms with E-state index in [9.17, 15) is 0 Å². The molecule has 0 heterocycles. The third-order valence-corrected chi connectivity index (χ3v) is 1.13. The van der Waals surface area contributed by atoms with E-state index in [0.717, 1.165) is 5.57 Å². The van der Waals surface area contributed by atoms with E-state index in [4.69, 9.17) is 0 Å². The van der Waals surface area contributed by atoms with Crippen LogP contribution in [0.3, 0.4) is 0 Å². The van der Waals surface area contributed by atoms with Crippen LogP contribution in [0.15, 0.2) is 36.5 Å². The van der Waals surface area contributed by atoms with Gasteiger partial charge in [-0.25, -0.2) is 0 Å². The fourth-order valence-corrected chi connectivity index (χ4v) is 0.606. The first-order chi connectivity index (χ1) is 6.00. The zero-order valence-electron chi connectivity index (χ0n) is 9.69. The molecule has 0 aromatic carbocycles. The van der Waals surface area contributed by atoms with E-state index in [2.05, 4.69) is 32.2 Å². The summed E-state index contributed by atoms with van der Waals surface area (Å²) >= 11 is 0. The van der Waals surface area contributed by atoms with Crippen molar-refractivity contribution in [2.45, 2.75) is 47.0 Å². The average Bonchev–Trinajstić information content (AvgIpc) is 1.97. The molecular formula is C13H24. The number of hydrogen-bond acceptors (Lipinski definition) is 0. The fourth-order valence-electron chi connectivity index (χ4n) is 0.606. The van der Waals surface area contributed by atoms with Crippen molar-refractivity contribution in [2.24, 2.45) is 0 Å². The Morgan fingerprint density at radius 2 is 1.62 bits per heavy atom. The van der Waals surface area contributed by atoms with Crippen molar-refractivity contribution in [3.8, 4) is 0 Å². The summed E-state index contributed by atoms with van der Waals surface area (Å²) in [6.45, 7) is 15.5. The lowest BCUT2D eigenvalue weighted by molar-refractivity contribution is 0.814. The van der Waals surface area contributed by atoms with E-state index in [0.29, 0.717) is 0 Å². The maximum absolute atomic E-state index is 3.77. The van der Waals surface area contributed by atoms with Gasteiger partial charge in [0, 0.05) is 0 Å². The van der Waals surface area contributed by atoms with Crippen molar-refractivity contribution in [3.63, 3.8) is 0 Å². The maximum atomic E-state index is 3.77. The highest BCUT2D eigenvalue weighted by molar-refractivity contribution is 5.10. The normalized spacial score (nSPS) is 9.23.